The van der Waals surface area contributed by atoms with Gasteiger partial charge in [-0.1, -0.05) is 60.2 Å². The van der Waals surface area contributed by atoms with Crippen molar-refractivity contribution in [2.24, 2.45) is 5.92 Å². The molecule has 0 aromatic heterocycles. The summed E-state index contributed by atoms with van der Waals surface area (Å²) in [5, 5.41) is 0. The third kappa shape index (κ3) is 3.57. The van der Waals surface area contributed by atoms with Crippen LogP contribution in [0.4, 0.5) is 5.69 Å². The lowest BCUT2D eigenvalue weighted by Gasteiger charge is -2.39. The minimum absolute atomic E-state index is 0.263. The number of benzene rings is 3. The van der Waals surface area contributed by atoms with Gasteiger partial charge in [0.05, 0.1) is 18.7 Å². The van der Waals surface area contributed by atoms with Gasteiger partial charge in [0.2, 0.25) is 0 Å². The van der Waals surface area contributed by atoms with E-state index in [2.05, 4.69) is 95.5 Å². The summed E-state index contributed by atoms with van der Waals surface area (Å²) in [6.45, 7) is 6.78. The third-order valence-corrected chi connectivity index (χ3v) is 6.28. The Bertz CT molecular complexity index is 1020. The first-order valence-electron chi connectivity index (χ1n) is 10.9. The molecule has 154 valence electrons. The average Bonchev–Trinajstić information content (AvgIpc) is 3.19. The summed E-state index contributed by atoms with van der Waals surface area (Å²) < 4.78 is 5.83. The van der Waals surface area contributed by atoms with Gasteiger partial charge in [0.15, 0.2) is 0 Å². The van der Waals surface area contributed by atoms with Gasteiger partial charge >= 0.3 is 0 Å². The molecule has 1 fully saturated rings. The third-order valence-electron chi connectivity index (χ3n) is 6.28. The molecule has 3 atom stereocenters. The highest BCUT2D eigenvalue weighted by Crippen LogP contribution is 2.46. The summed E-state index contributed by atoms with van der Waals surface area (Å²) in [7, 11) is 0. The Morgan fingerprint density at radius 2 is 1.77 bits per heavy atom. The number of fused-ring (bicyclic) bond motifs is 3. The second-order valence-corrected chi connectivity index (χ2v) is 8.34. The highest BCUT2D eigenvalue weighted by atomic mass is 16.5. The first kappa shape index (κ1) is 19.2. The van der Waals surface area contributed by atoms with E-state index in [1.807, 2.05) is 6.92 Å². The van der Waals surface area contributed by atoms with E-state index < -0.39 is 0 Å². The van der Waals surface area contributed by atoms with Gasteiger partial charge in [0.1, 0.15) is 5.75 Å². The molecule has 0 saturated carbocycles. The Labute approximate surface area is 178 Å². The molecule has 4 nitrogen and oxygen atoms in total. The highest BCUT2D eigenvalue weighted by molar-refractivity contribution is 5.61. The van der Waals surface area contributed by atoms with Gasteiger partial charge in [0, 0.05) is 24.7 Å². The summed E-state index contributed by atoms with van der Waals surface area (Å²) in [6.07, 6.45) is 0. The SMILES string of the molecule is CCOc1ccc2c(c1)C1NNC(c3ccccc3)C1CN2Cc1cccc(C)c1. The van der Waals surface area contributed by atoms with Gasteiger partial charge in [0.25, 0.3) is 0 Å². The standard InChI is InChI=1S/C26H29N3O/c1-3-30-21-12-13-24-22(15-21)26-23(25(27-28-26)20-10-5-4-6-11-20)17-29(24)16-19-9-7-8-18(2)14-19/h4-15,23,25-28H,3,16-17H2,1-2H3. The maximum atomic E-state index is 5.83. The second-order valence-electron chi connectivity index (χ2n) is 8.34. The summed E-state index contributed by atoms with van der Waals surface area (Å²) in [5.41, 5.74) is 13.8. The van der Waals surface area contributed by atoms with Crippen LogP contribution in [0.15, 0.2) is 72.8 Å². The molecule has 1 saturated heterocycles. The number of ether oxygens (including phenoxy) is 1. The number of hydrogen-bond acceptors (Lipinski definition) is 4. The fourth-order valence-electron chi connectivity index (χ4n) is 4.96. The summed E-state index contributed by atoms with van der Waals surface area (Å²) in [6, 6.07) is 26.7. The van der Waals surface area contributed by atoms with Crippen LogP contribution in [0.5, 0.6) is 5.75 Å². The lowest BCUT2D eigenvalue weighted by atomic mass is 9.82. The Morgan fingerprint density at radius 3 is 2.57 bits per heavy atom. The van der Waals surface area contributed by atoms with Crippen LogP contribution >= 0.6 is 0 Å². The smallest absolute Gasteiger partial charge is 0.119 e. The van der Waals surface area contributed by atoms with E-state index in [9.17, 15) is 0 Å². The molecule has 3 aromatic rings. The molecular weight excluding hydrogens is 370 g/mol. The second kappa shape index (κ2) is 8.13. The van der Waals surface area contributed by atoms with Crippen molar-refractivity contribution < 1.29 is 4.74 Å². The zero-order valence-electron chi connectivity index (χ0n) is 17.6. The summed E-state index contributed by atoms with van der Waals surface area (Å²) >= 11 is 0. The molecule has 0 bridgehead atoms. The van der Waals surface area contributed by atoms with E-state index in [0.29, 0.717) is 12.5 Å². The lowest BCUT2D eigenvalue weighted by Crippen LogP contribution is -2.39. The fraction of sp³-hybridized carbons (Fsp3) is 0.308. The van der Waals surface area contributed by atoms with Crippen LogP contribution in [0, 0.1) is 12.8 Å². The van der Waals surface area contributed by atoms with Crippen molar-refractivity contribution in [2.75, 3.05) is 18.1 Å². The number of hydrazine groups is 1. The summed E-state index contributed by atoms with van der Waals surface area (Å²) in [5.74, 6) is 1.37. The molecule has 0 amide bonds. The minimum Gasteiger partial charge on any atom is -0.494 e. The number of rotatable bonds is 5. The normalized spacial score (nSPS) is 22.5. The predicted molar refractivity (Wildman–Crippen MR) is 122 cm³/mol. The Kier molecular flexibility index (Phi) is 5.19. The monoisotopic (exact) mass is 399 g/mol. The quantitative estimate of drug-likeness (QED) is 0.638. The Morgan fingerprint density at radius 1 is 0.933 bits per heavy atom. The number of anilines is 1. The van der Waals surface area contributed by atoms with Crippen molar-refractivity contribution in [1.29, 1.82) is 0 Å². The van der Waals surface area contributed by atoms with Crippen molar-refractivity contribution in [1.82, 2.24) is 10.9 Å². The van der Waals surface area contributed by atoms with E-state index in [-0.39, 0.29) is 12.1 Å². The van der Waals surface area contributed by atoms with Crippen molar-refractivity contribution in [3.05, 3.63) is 95.1 Å². The van der Waals surface area contributed by atoms with Crippen molar-refractivity contribution in [3.63, 3.8) is 0 Å². The highest BCUT2D eigenvalue weighted by Gasteiger charge is 2.43. The van der Waals surface area contributed by atoms with Crippen molar-refractivity contribution >= 4 is 5.69 Å². The maximum absolute atomic E-state index is 5.83. The molecule has 30 heavy (non-hydrogen) atoms. The Hall–Kier alpha value is -2.82. The maximum Gasteiger partial charge on any atom is 0.119 e. The van der Waals surface area contributed by atoms with E-state index >= 15 is 0 Å². The van der Waals surface area contributed by atoms with Crippen LogP contribution in [0.2, 0.25) is 0 Å². The molecule has 3 aromatic carbocycles. The number of hydrogen-bond donors (Lipinski definition) is 2. The Balaban J connectivity index is 1.53. The average molecular weight is 400 g/mol. The van der Waals surface area contributed by atoms with Crippen LogP contribution in [0.25, 0.3) is 0 Å². The van der Waals surface area contributed by atoms with E-state index in [1.54, 1.807) is 0 Å². The molecule has 0 radical (unpaired) electrons. The molecule has 0 spiro atoms. The largest absolute Gasteiger partial charge is 0.494 e. The minimum atomic E-state index is 0.263. The lowest BCUT2D eigenvalue weighted by molar-refractivity contribution is 0.337. The number of nitrogens with zero attached hydrogens (tertiary/aromatic N) is 1. The van der Waals surface area contributed by atoms with Crippen molar-refractivity contribution in [2.45, 2.75) is 32.5 Å². The van der Waals surface area contributed by atoms with Crippen LogP contribution in [0.3, 0.4) is 0 Å². The van der Waals surface area contributed by atoms with Crippen LogP contribution in [-0.4, -0.2) is 13.2 Å². The van der Waals surface area contributed by atoms with Crippen LogP contribution < -0.4 is 20.5 Å². The molecule has 2 heterocycles. The topological polar surface area (TPSA) is 36.5 Å². The molecule has 3 unspecified atom stereocenters. The molecule has 2 aliphatic heterocycles. The number of nitrogens with one attached hydrogen (secondary N) is 2. The van der Waals surface area contributed by atoms with E-state index in [0.717, 1.165) is 18.8 Å². The molecule has 4 heteroatoms. The van der Waals surface area contributed by atoms with Gasteiger partial charge in [-0.25, -0.2) is 10.9 Å². The molecule has 2 N–H and O–H groups in total. The van der Waals surface area contributed by atoms with Gasteiger partial charge in [-0.3, -0.25) is 0 Å². The van der Waals surface area contributed by atoms with Crippen molar-refractivity contribution in [3.8, 4) is 5.75 Å². The molecular formula is C26H29N3O. The molecule has 2 aliphatic rings. The molecule has 5 rings (SSSR count). The van der Waals surface area contributed by atoms with Gasteiger partial charge in [-0.05, 0) is 48.7 Å². The fourth-order valence-corrected chi connectivity index (χ4v) is 4.96. The van der Waals surface area contributed by atoms with Gasteiger partial charge < -0.3 is 9.64 Å². The zero-order valence-corrected chi connectivity index (χ0v) is 17.6. The van der Waals surface area contributed by atoms with Crippen LogP contribution in [0.1, 0.15) is 41.3 Å². The predicted octanol–water partition coefficient (Wildman–Crippen LogP) is 4.92. The van der Waals surface area contributed by atoms with Crippen LogP contribution in [-0.2, 0) is 6.54 Å². The zero-order chi connectivity index (χ0) is 20.5. The van der Waals surface area contributed by atoms with Gasteiger partial charge in [-0.2, -0.15) is 0 Å². The van der Waals surface area contributed by atoms with Gasteiger partial charge in [-0.15, -0.1) is 0 Å². The first-order valence-corrected chi connectivity index (χ1v) is 10.9. The molecule has 0 aliphatic carbocycles. The summed E-state index contributed by atoms with van der Waals surface area (Å²) in [4.78, 5) is 2.53. The number of aryl methyl sites for hydroxylation is 1. The van der Waals surface area contributed by atoms with E-state index in [4.69, 9.17) is 4.74 Å². The first-order chi connectivity index (χ1) is 14.7. The van der Waals surface area contributed by atoms with E-state index in [1.165, 1.54) is 27.9 Å².